The molecule has 1 unspecified atom stereocenters. The van der Waals surface area contributed by atoms with Gasteiger partial charge in [-0.1, -0.05) is 13.8 Å². The van der Waals surface area contributed by atoms with Crippen LogP contribution in [0.1, 0.15) is 29.9 Å². The van der Waals surface area contributed by atoms with E-state index < -0.39 is 12.0 Å². The molecule has 1 aromatic heterocycles. The van der Waals surface area contributed by atoms with Crippen molar-refractivity contribution in [3.8, 4) is 0 Å². The van der Waals surface area contributed by atoms with Crippen LogP contribution >= 0.6 is 0 Å². The van der Waals surface area contributed by atoms with Gasteiger partial charge in [-0.05, 0) is 25.0 Å². The third kappa shape index (κ3) is 3.55. The van der Waals surface area contributed by atoms with Crippen LogP contribution in [0.5, 0.6) is 0 Å². The maximum absolute atomic E-state index is 11.9. The number of hydrogen-bond acceptors (Lipinski definition) is 4. The SMILES string of the molecule is COC(=O)C(NC(=O)c1ccc(C)nc1)C(C)C. The Kier molecular flexibility index (Phi) is 4.83. The van der Waals surface area contributed by atoms with Crippen LogP contribution < -0.4 is 5.32 Å². The molecule has 1 atom stereocenters. The average molecular weight is 250 g/mol. The molecule has 0 saturated heterocycles. The zero-order valence-corrected chi connectivity index (χ0v) is 11.1. The Hall–Kier alpha value is -1.91. The molecule has 0 saturated carbocycles. The van der Waals surface area contributed by atoms with E-state index in [1.165, 1.54) is 13.3 Å². The maximum Gasteiger partial charge on any atom is 0.328 e. The number of carbonyl (C=O) groups excluding carboxylic acids is 2. The monoisotopic (exact) mass is 250 g/mol. The smallest absolute Gasteiger partial charge is 0.328 e. The first kappa shape index (κ1) is 14.2. The first-order valence-corrected chi connectivity index (χ1v) is 5.77. The Balaban J connectivity index is 2.78. The molecule has 18 heavy (non-hydrogen) atoms. The molecule has 0 aliphatic carbocycles. The van der Waals surface area contributed by atoms with Crippen LogP contribution in [-0.4, -0.2) is 30.0 Å². The number of hydrogen-bond donors (Lipinski definition) is 1. The van der Waals surface area contributed by atoms with Crippen molar-refractivity contribution in [2.45, 2.75) is 26.8 Å². The molecule has 0 aliphatic rings. The van der Waals surface area contributed by atoms with Crippen molar-refractivity contribution in [1.29, 1.82) is 0 Å². The summed E-state index contributed by atoms with van der Waals surface area (Å²) in [5, 5.41) is 2.65. The second-order valence-corrected chi connectivity index (χ2v) is 4.41. The number of nitrogens with zero attached hydrogens (tertiary/aromatic N) is 1. The van der Waals surface area contributed by atoms with Crippen LogP contribution in [0.2, 0.25) is 0 Å². The summed E-state index contributed by atoms with van der Waals surface area (Å²) in [6, 6.07) is 2.77. The topological polar surface area (TPSA) is 68.3 Å². The Morgan fingerprint density at radius 3 is 2.44 bits per heavy atom. The summed E-state index contributed by atoms with van der Waals surface area (Å²) in [5.41, 5.74) is 1.26. The van der Waals surface area contributed by atoms with E-state index in [9.17, 15) is 9.59 Å². The van der Waals surface area contributed by atoms with Crippen molar-refractivity contribution < 1.29 is 14.3 Å². The Morgan fingerprint density at radius 1 is 1.33 bits per heavy atom. The van der Waals surface area contributed by atoms with Gasteiger partial charge in [0.05, 0.1) is 12.7 Å². The fourth-order valence-corrected chi connectivity index (χ4v) is 1.45. The molecule has 1 aromatic rings. The van der Waals surface area contributed by atoms with Gasteiger partial charge in [0.15, 0.2) is 0 Å². The summed E-state index contributed by atoms with van der Waals surface area (Å²) in [6.07, 6.45) is 1.49. The van der Waals surface area contributed by atoms with Gasteiger partial charge >= 0.3 is 5.97 Å². The number of aryl methyl sites for hydroxylation is 1. The van der Waals surface area contributed by atoms with Gasteiger partial charge in [0.25, 0.3) is 5.91 Å². The van der Waals surface area contributed by atoms with Crippen LogP contribution in [-0.2, 0) is 9.53 Å². The van der Waals surface area contributed by atoms with Crippen molar-refractivity contribution in [3.05, 3.63) is 29.6 Å². The summed E-state index contributed by atoms with van der Waals surface area (Å²) in [6.45, 7) is 5.53. The number of amides is 1. The van der Waals surface area contributed by atoms with Crippen molar-refractivity contribution in [2.24, 2.45) is 5.92 Å². The number of esters is 1. The largest absolute Gasteiger partial charge is 0.467 e. The maximum atomic E-state index is 11.9. The van der Waals surface area contributed by atoms with Gasteiger partial charge < -0.3 is 10.1 Å². The Morgan fingerprint density at radius 2 is 2.00 bits per heavy atom. The van der Waals surface area contributed by atoms with Crippen molar-refractivity contribution in [2.75, 3.05) is 7.11 Å². The molecular formula is C13H18N2O3. The lowest BCUT2D eigenvalue weighted by molar-refractivity contribution is -0.144. The molecule has 1 rings (SSSR count). The third-order valence-corrected chi connectivity index (χ3v) is 2.58. The molecule has 0 aromatic carbocycles. The summed E-state index contributed by atoms with van der Waals surface area (Å²) in [7, 11) is 1.30. The minimum absolute atomic E-state index is 0.0418. The molecule has 5 nitrogen and oxygen atoms in total. The van der Waals surface area contributed by atoms with Gasteiger partial charge in [0.2, 0.25) is 0 Å². The predicted molar refractivity (Wildman–Crippen MR) is 67.1 cm³/mol. The highest BCUT2D eigenvalue weighted by molar-refractivity contribution is 5.96. The quantitative estimate of drug-likeness (QED) is 0.818. The lowest BCUT2D eigenvalue weighted by Gasteiger charge is -2.19. The molecule has 0 fully saturated rings. The van der Waals surface area contributed by atoms with E-state index >= 15 is 0 Å². The van der Waals surface area contributed by atoms with Crippen LogP contribution in [0.25, 0.3) is 0 Å². The second-order valence-electron chi connectivity index (χ2n) is 4.41. The predicted octanol–water partition coefficient (Wildman–Crippen LogP) is 1.32. The van der Waals surface area contributed by atoms with Crippen LogP contribution in [0.4, 0.5) is 0 Å². The zero-order valence-electron chi connectivity index (χ0n) is 11.1. The molecule has 1 amide bonds. The van der Waals surface area contributed by atoms with E-state index in [1.807, 2.05) is 20.8 Å². The van der Waals surface area contributed by atoms with Gasteiger partial charge in [-0.25, -0.2) is 4.79 Å². The minimum Gasteiger partial charge on any atom is -0.467 e. The Bertz CT molecular complexity index is 426. The van der Waals surface area contributed by atoms with E-state index in [-0.39, 0.29) is 11.8 Å². The van der Waals surface area contributed by atoms with Crippen LogP contribution in [0, 0.1) is 12.8 Å². The highest BCUT2D eigenvalue weighted by Gasteiger charge is 2.25. The zero-order chi connectivity index (χ0) is 13.7. The molecule has 1 heterocycles. The second kappa shape index (κ2) is 6.14. The number of carbonyl (C=O) groups is 2. The molecule has 0 aliphatic heterocycles. The van der Waals surface area contributed by atoms with E-state index in [0.29, 0.717) is 5.56 Å². The highest BCUT2D eigenvalue weighted by atomic mass is 16.5. The van der Waals surface area contributed by atoms with Gasteiger partial charge in [-0.3, -0.25) is 9.78 Å². The van der Waals surface area contributed by atoms with Gasteiger partial charge in [-0.2, -0.15) is 0 Å². The Labute approximate surface area is 107 Å². The van der Waals surface area contributed by atoms with Gasteiger partial charge in [0.1, 0.15) is 6.04 Å². The normalized spacial score (nSPS) is 12.1. The van der Waals surface area contributed by atoms with Crippen LogP contribution in [0.3, 0.4) is 0 Å². The molecular weight excluding hydrogens is 232 g/mol. The first-order valence-electron chi connectivity index (χ1n) is 5.77. The molecule has 0 spiro atoms. The van der Waals surface area contributed by atoms with Crippen molar-refractivity contribution in [3.63, 3.8) is 0 Å². The standard InChI is InChI=1S/C13H18N2O3/c1-8(2)11(13(17)18-4)15-12(16)10-6-5-9(3)14-7-10/h5-8,11H,1-4H3,(H,15,16). The average Bonchev–Trinajstić information content (AvgIpc) is 2.35. The summed E-state index contributed by atoms with van der Waals surface area (Å²) >= 11 is 0. The number of methoxy groups -OCH3 is 1. The van der Waals surface area contributed by atoms with Crippen molar-refractivity contribution in [1.82, 2.24) is 10.3 Å². The van der Waals surface area contributed by atoms with E-state index in [0.717, 1.165) is 5.69 Å². The van der Waals surface area contributed by atoms with Gasteiger partial charge in [0, 0.05) is 11.9 Å². The lowest BCUT2D eigenvalue weighted by Crippen LogP contribution is -2.45. The number of nitrogens with one attached hydrogen (secondary N) is 1. The number of rotatable bonds is 4. The first-order chi connectivity index (χ1) is 8.45. The molecule has 1 N–H and O–H groups in total. The van der Waals surface area contributed by atoms with Gasteiger partial charge in [-0.15, -0.1) is 0 Å². The molecule has 0 radical (unpaired) electrons. The summed E-state index contributed by atoms with van der Waals surface area (Å²) in [4.78, 5) is 27.5. The lowest BCUT2D eigenvalue weighted by atomic mass is 10.0. The molecule has 5 heteroatoms. The van der Waals surface area contributed by atoms with E-state index in [2.05, 4.69) is 15.0 Å². The molecule has 0 bridgehead atoms. The highest BCUT2D eigenvalue weighted by Crippen LogP contribution is 2.06. The van der Waals surface area contributed by atoms with E-state index in [1.54, 1.807) is 12.1 Å². The number of pyridine rings is 1. The fourth-order valence-electron chi connectivity index (χ4n) is 1.45. The van der Waals surface area contributed by atoms with Crippen molar-refractivity contribution >= 4 is 11.9 Å². The fraction of sp³-hybridized carbons (Fsp3) is 0.462. The number of aromatic nitrogens is 1. The molecule has 98 valence electrons. The minimum atomic E-state index is -0.649. The van der Waals surface area contributed by atoms with Crippen LogP contribution in [0.15, 0.2) is 18.3 Å². The van der Waals surface area contributed by atoms with E-state index in [4.69, 9.17) is 0 Å². The number of ether oxygens (including phenoxy) is 1. The summed E-state index contributed by atoms with van der Waals surface area (Å²) in [5.74, 6) is -0.815. The summed E-state index contributed by atoms with van der Waals surface area (Å²) < 4.78 is 4.66. The third-order valence-electron chi connectivity index (χ3n) is 2.58.